The van der Waals surface area contributed by atoms with Crippen molar-refractivity contribution in [3.63, 3.8) is 0 Å². The molecule has 0 fully saturated rings. The molecule has 0 bridgehead atoms. The third-order valence-corrected chi connectivity index (χ3v) is 2.41. The first-order valence-electron chi connectivity index (χ1n) is 5.25. The topological polar surface area (TPSA) is 92.5 Å². The Morgan fingerprint density at radius 2 is 1.11 bits per heavy atom. The van der Waals surface area contributed by atoms with Crippen molar-refractivity contribution in [1.82, 2.24) is 0 Å². The molecule has 4 nitrogen and oxygen atoms in total. The van der Waals surface area contributed by atoms with Crippen molar-refractivity contribution in [3.8, 4) is 23.3 Å². The van der Waals surface area contributed by atoms with Crippen LogP contribution in [0.15, 0.2) is 36.4 Å². The molecule has 90 valence electrons. The van der Waals surface area contributed by atoms with Crippen molar-refractivity contribution in [2.75, 3.05) is 11.5 Å². The lowest BCUT2D eigenvalue weighted by atomic mass is 10.1. The van der Waals surface area contributed by atoms with E-state index in [1.807, 2.05) is 0 Å². The van der Waals surface area contributed by atoms with Crippen LogP contribution in [0, 0.1) is 11.8 Å². The molecule has 6 N–H and O–H groups in total. The standard InChI is InChI=1S/C14H12N2O2/c15-11-5-3-9(7-13(11)17)1-2-10-4-6-12(16)14(18)8-10/h3-8,17-18H,15-16H2. The van der Waals surface area contributed by atoms with Gasteiger partial charge in [0.15, 0.2) is 0 Å². The summed E-state index contributed by atoms with van der Waals surface area (Å²) in [5.41, 5.74) is 12.9. The van der Waals surface area contributed by atoms with E-state index in [1.165, 1.54) is 12.1 Å². The van der Waals surface area contributed by atoms with Gasteiger partial charge in [0.05, 0.1) is 11.4 Å². The van der Waals surface area contributed by atoms with Gasteiger partial charge in [-0.05, 0) is 36.4 Å². The van der Waals surface area contributed by atoms with Crippen molar-refractivity contribution in [2.45, 2.75) is 0 Å². The molecule has 0 unspecified atom stereocenters. The lowest BCUT2D eigenvalue weighted by molar-refractivity contribution is 0.477. The summed E-state index contributed by atoms with van der Waals surface area (Å²) in [4.78, 5) is 0. The van der Waals surface area contributed by atoms with Gasteiger partial charge in [0, 0.05) is 11.1 Å². The zero-order valence-electron chi connectivity index (χ0n) is 9.51. The second-order valence-corrected chi connectivity index (χ2v) is 3.80. The number of nitrogen functional groups attached to an aromatic ring is 2. The number of phenolic OH excluding ortho intramolecular Hbond substituents is 2. The van der Waals surface area contributed by atoms with E-state index < -0.39 is 0 Å². The maximum Gasteiger partial charge on any atom is 0.139 e. The fourth-order valence-corrected chi connectivity index (χ4v) is 1.39. The smallest absolute Gasteiger partial charge is 0.139 e. The molecule has 0 saturated carbocycles. The van der Waals surface area contributed by atoms with Crippen LogP contribution >= 0.6 is 0 Å². The SMILES string of the molecule is Nc1ccc(C#Cc2ccc(N)c(O)c2)cc1O. The molecule has 0 aliphatic heterocycles. The zero-order valence-corrected chi connectivity index (χ0v) is 9.51. The fourth-order valence-electron chi connectivity index (χ4n) is 1.39. The molecule has 18 heavy (non-hydrogen) atoms. The first kappa shape index (κ1) is 11.7. The van der Waals surface area contributed by atoms with E-state index in [-0.39, 0.29) is 11.5 Å². The van der Waals surface area contributed by atoms with Crippen molar-refractivity contribution >= 4 is 11.4 Å². The molecule has 2 aromatic rings. The molecule has 0 amide bonds. The van der Waals surface area contributed by atoms with Crippen LogP contribution in [0.2, 0.25) is 0 Å². The van der Waals surface area contributed by atoms with E-state index in [4.69, 9.17) is 11.5 Å². The zero-order chi connectivity index (χ0) is 13.1. The average Bonchev–Trinajstić information content (AvgIpc) is 2.35. The van der Waals surface area contributed by atoms with Crippen LogP contribution in [-0.4, -0.2) is 10.2 Å². The molecule has 0 atom stereocenters. The van der Waals surface area contributed by atoms with Gasteiger partial charge in [-0.25, -0.2) is 0 Å². The first-order chi connectivity index (χ1) is 8.56. The molecule has 2 rings (SSSR count). The number of hydrogen-bond acceptors (Lipinski definition) is 4. The van der Waals surface area contributed by atoms with E-state index in [1.54, 1.807) is 24.3 Å². The summed E-state index contributed by atoms with van der Waals surface area (Å²) < 4.78 is 0. The van der Waals surface area contributed by atoms with Crippen LogP contribution in [0.3, 0.4) is 0 Å². The van der Waals surface area contributed by atoms with Crippen molar-refractivity contribution < 1.29 is 10.2 Å². The highest BCUT2D eigenvalue weighted by Crippen LogP contribution is 2.21. The maximum atomic E-state index is 9.43. The third kappa shape index (κ3) is 2.47. The normalized spacial score (nSPS) is 9.56. The van der Waals surface area contributed by atoms with Crippen molar-refractivity contribution in [3.05, 3.63) is 47.5 Å². The van der Waals surface area contributed by atoms with Crippen molar-refractivity contribution in [1.29, 1.82) is 0 Å². The van der Waals surface area contributed by atoms with Crippen LogP contribution in [0.25, 0.3) is 0 Å². The highest BCUT2D eigenvalue weighted by molar-refractivity contribution is 5.59. The minimum Gasteiger partial charge on any atom is -0.506 e. The third-order valence-electron chi connectivity index (χ3n) is 2.41. The number of benzene rings is 2. The number of aromatic hydroxyl groups is 2. The van der Waals surface area contributed by atoms with Gasteiger partial charge >= 0.3 is 0 Å². The van der Waals surface area contributed by atoms with Crippen LogP contribution in [-0.2, 0) is 0 Å². The Balaban J connectivity index is 2.30. The molecule has 0 aromatic heterocycles. The summed E-state index contributed by atoms with van der Waals surface area (Å²) in [7, 11) is 0. The molecule has 0 saturated heterocycles. The van der Waals surface area contributed by atoms with E-state index >= 15 is 0 Å². The largest absolute Gasteiger partial charge is 0.506 e. The van der Waals surface area contributed by atoms with E-state index in [0.29, 0.717) is 22.5 Å². The second-order valence-electron chi connectivity index (χ2n) is 3.80. The van der Waals surface area contributed by atoms with Crippen LogP contribution in [0.4, 0.5) is 11.4 Å². The molecule has 2 aromatic carbocycles. The predicted molar refractivity (Wildman–Crippen MR) is 71.0 cm³/mol. The number of phenols is 2. The molecule has 0 spiro atoms. The summed E-state index contributed by atoms with van der Waals surface area (Å²) in [5, 5.41) is 18.9. The Morgan fingerprint density at radius 1 is 0.722 bits per heavy atom. The minimum absolute atomic E-state index is 0.00181. The van der Waals surface area contributed by atoms with Gasteiger partial charge in [-0.15, -0.1) is 0 Å². The number of nitrogens with two attached hydrogens (primary N) is 2. The molecule has 0 radical (unpaired) electrons. The second kappa shape index (κ2) is 4.60. The lowest BCUT2D eigenvalue weighted by Crippen LogP contribution is -1.86. The quantitative estimate of drug-likeness (QED) is 0.320. The van der Waals surface area contributed by atoms with Crippen LogP contribution in [0.1, 0.15) is 11.1 Å². The molecular weight excluding hydrogens is 228 g/mol. The minimum atomic E-state index is 0.00181. The summed E-state index contributed by atoms with van der Waals surface area (Å²) in [6, 6.07) is 9.55. The molecule has 0 aliphatic rings. The Hall–Kier alpha value is -2.80. The van der Waals surface area contributed by atoms with Gasteiger partial charge < -0.3 is 21.7 Å². The van der Waals surface area contributed by atoms with Crippen molar-refractivity contribution in [2.24, 2.45) is 0 Å². The summed E-state index contributed by atoms with van der Waals surface area (Å²) in [5.74, 6) is 5.72. The molecule has 0 heterocycles. The summed E-state index contributed by atoms with van der Waals surface area (Å²) in [6.45, 7) is 0. The first-order valence-corrected chi connectivity index (χ1v) is 5.25. The number of anilines is 2. The van der Waals surface area contributed by atoms with E-state index in [0.717, 1.165) is 0 Å². The molecular formula is C14H12N2O2. The van der Waals surface area contributed by atoms with Crippen LogP contribution < -0.4 is 11.5 Å². The van der Waals surface area contributed by atoms with E-state index in [9.17, 15) is 10.2 Å². The van der Waals surface area contributed by atoms with Gasteiger partial charge in [0.1, 0.15) is 11.5 Å². The average molecular weight is 240 g/mol. The summed E-state index contributed by atoms with van der Waals surface area (Å²) >= 11 is 0. The Labute approximate surface area is 104 Å². The fraction of sp³-hybridized carbons (Fsp3) is 0. The highest BCUT2D eigenvalue weighted by Gasteiger charge is 1.98. The van der Waals surface area contributed by atoms with E-state index in [2.05, 4.69) is 11.8 Å². The lowest BCUT2D eigenvalue weighted by Gasteiger charge is -1.99. The van der Waals surface area contributed by atoms with Gasteiger partial charge in [0.2, 0.25) is 0 Å². The Morgan fingerprint density at radius 3 is 1.44 bits per heavy atom. The number of hydrogen-bond donors (Lipinski definition) is 4. The number of rotatable bonds is 0. The predicted octanol–water partition coefficient (Wildman–Crippen LogP) is 1.66. The Bertz CT molecular complexity index is 599. The molecule has 4 heteroatoms. The Kier molecular flexibility index (Phi) is 2.98. The highest BCUT2D eigenvalue weighted by atomic mass is 16.3. The monoisotopic (exact) mass is 240 g/mol. The maximum absolute atomic E-state index is 9.43. The van der Waals surface area contributed by atoms with Gasteiger partial charge in [0.25, 0.3) is 0 Å². The summed E-state index contributed by atoms with van der Waals surface area (Å²) in [6.07, 6.45) is 0. The molecule has 0 aliphatic carbocycles. The van der Waals surface area contributed by atoms with Gasteiger partial charge in [-0.3, -0.25) is 0 Å². The van der Waals surface area contributed by atoms with Crippen LogP contribution in [0.5, 0.6) is 11.5 Å². The van der Waals surface area contributed by atoms with Gasteiger partial charge in [-0.1, -0.05) is 11.8 Å². The van der Waals surface area contributed by atoms with Gasteiger partial charge in [-0.2, -0.15) is 0 Å².